The smallest absolute Gasteiger partial charge is 0.269 e. The van der Waals surface area contributed by atoms with Crippen LogP contribution in [0.3, 0.4) is 0 Å². The van der Waals surface area contributed by atoms with E-state index in [1.165, 1.54) is 21.7 Å². The first-order valence-electron chi connectivity index (χ1n) is 12.8. The van der Waals surface area contributed by atoms with Gasteiger partial charge in [-0.25, -0.2) is 8.78 Å². The molecule has 3 aromatic carbocycles. The van der Waals surface area contributed by atoms with Gasteiger partial charge >= 0.3 is 0 Å². The zero-order valence-electron chi connectivity index (χ0n) is 21.4. The highest BCUT2D eigenvalue weighted by atomic mass is 35.5. The molecule has 1 saturated heterocycles. The fourth-order valence-electron chi connectivity index (χ4n) is 5.35. The number of aromatic amines is 1. The fraction of sp³-hybridized carbons (Fsp3) is 0.214. The van der Waals surface area contributed by atoms with Crippen molar-refractivity contribution in [1.29, 1.82) is 0 Å². The number of benzene rings is 3. The number of anilines is 1. The molecule has 0 aliphatic carbocycles. The molecule has 1 fully saturated rings. The number of nitrogens with two attached hydrogens (primary N) is 1. The highest BCUT2D eigenvalue weighted by molar-refractivity contribution is 6.38. The molecule has 2 aromatic heterocycles. The Bertz CT molecular complexity index is 1810. The summed E-state index contributed by atoms with van der Waals surface area (Å²) in [5.41, 5.74) is 7.19. The number of nitrogens with one attached hydrogen (secondary N) is 2. The lowest BCUT2D eigenvalue weighted by molar-refractivity contribution is -0.124. The Morgan fingerprint density at radius 3 is 2.76 bits per heavy atom. The second kappa shape index (κ2) is 10.5. The van der Waals surface area contributed by atoms with E-state index in [2.05, 4.69) is 20.6 Å². The molecule has 1 unspecified atom stereocenters. The third kappa shape index (κ3) is 4.79. The van der Waals surface area contributed by atoms with Crippen LogP contribution in [0, 0.1) is 5.82 Å². The van der Waals surface area contributed by atoms with Crippen molar-refractivity contribution in [2.24, 2.45) is 5.73 Å². The van der Waals surface area contributed by atoms with Crippen molar-refractivity contribution in [3.63, 3.8) is 0 Å². The minimum absolute atomic E-state index is 0.0364. The number of alkyl halides is 1. The molecular weight excluding hydrogens is 556 g/mol. The number of aromatic nitrogens is 4. The summed E-state index contributed by atoms with van der Waals surface area (Å²) < 4.78 is 31.6. The summed E-state index contributed by atoms with van der Waals surface area (Å²) >= 11 is 6.52. The van der Waals surface area contributed by atoms with Gasteiger partial charge in [-0.05, 0) is 18.2 Å². The van der Waals surface area contributed by atoms with Crippen molar-refractivity contribution in [1.82, 2.24) is 24.9 Å². The first-order valence-corrected chi connectivity index (χ1v) is 13.1. The van der Waals surface area contributed by atoms with E-state index < -0.39 is 36.1 Å². The predicted molar refractivity (Wildman–Crippen MR) is 149 cm³/mol. The number of primary amides is 1. The topological polar surface area (TPSA) is 142 Å². The minimum Gasteiger partial charge on any atom is -0.376 e. The van der Waals surface area contributed by atoms with Crippen molar-refractivity contribution >= 4 is 50.9 Å². The molecule has 5 N–H and O–H groups in total. The Kier molecular flexibility index (Phi) is 6.89. The molecule has 41 heavy (non-hydrogen) atoms. The maximum absolute atomic E-state index is 15.7. The maximum Gasteiger partial charge on any atom is 0.269 e. The molecule has 0 saturated carbocycles. The molecule has 6 rings (SSSR count). The van der Waals surface area contributed by atoms with Crippen LogP contribution in [0.15, 0.2) is 60.8 Å². The number of hydrogen-bond donors (Lipinski definition) is 4. The number of amides is 2. The van der Waals surface area contributed by atoms with Gasteiger partial charge in [0.2, 0.25) is 5.91 Å². The normalized spacial score (nSPS) is 18.2. The highest BCUT2D eigenvalue weighted by Gasteiger charge is 2.41. The molecule has 1 aliphatic heterocycles. The van der Waals surface area contributed by atoms with Crippen LogP contribution < -0.4 is 11.1 Å². The van der Waals surface area contributed by atoms with Crippen LogP contribution in [-0.4, -0.2) is 66.8 Å². The fourth-order valence-corrected chi connectivity index (χ4v) is 5.66. The number of para-hydroxylation sites is 1. The second-order valence-corrected chi connectivity index (χ2v) is 10.2. The average Bonchev–Trinajstić information content (AvgIpc) is 3.68. The third-order valence-corrected chi connectivity index (χ3v) is 7.71. The third-order valence-electron chi connectivity index (χ3n) is 7.31. The number of H-pyrrole nitrogens is 1. The van der Waals surface area contributed by atoms with Crippen LogP contribution in [0.4, 0.5) is 14.5 Å². The SMILES string of the molecule is NC(=O)c1nn(CC(O)N2C[C@H](F)C[C@H]2C(=O)Nc2cccc(-c3ccc4[nH]ncc4c3Cl)c2F)c2ccccc12. The van der Waals surface area contributed by atoms with E-state index in [4.69, 9.17) is 17.3 Å². The molecule has 0 radical (unpaired) electrons. The van der Waals surface area contributed by atoms with Crippen LogP contribution in [0.5, 0.6) is 0 Å². The molecule has 3 heterocycles. The molecule has 0 bridgehead atoms. The van der Waals surface area contributed by atoms with E-state index in [-0.39, 0.29) is 36.5 Å². The van der Waals surface area contributed by atoms with Crippen molar-refractivity contribution < 1.29 is 23.5 Å². The molecule has 13 heteroatoms. The number of rotatable bonds is 7. The maximum atomic E-state index is 15.7. The van der Waals surface area contributed by atoms with Gasteiger partial charge in [0.05, 0.1) is 40.5 Å². The van der Waals surface area contributed by atoms with E-state index in [1.807, 2.05) is 0 Å². The zero-order chi connectivity index (χ0) is 28.8. The molecular formula is C28H24ClF2N7O3. The van der Waals surface area contributed by atoms with Gasteiger partial charge in [0, 0.05) is 34.9 Å². The van der Waals surface area contributed by atoms with Crippen molar-refractivity contribution in [3.05, 3.63) is 77.3 Å². The van der Waals surface area contributed by atoms with E-state index in [1.54, 1.807) is 48.7 Å². The summed E-state index contributed by atoms with van der Waals surface area (Å²) in [7, 11) is 0. The summed E-state index contributed by atoms with van der Waals surface area (Å²) in [6.07, 6.45) is -1.39. The number of halogens is 3. The first-order chi connectivity index (χ1) is 19.7. The van der Waals surface area contributed by atoms with E-state index >= 15 is 4.39 Å². The molecule has 1 aliphatic rings. The summed E-state index contributed by atoms with van der Waals surface area (Å²) in [5, 5.41) is 26.0. The highest BCUT2D eigenvalue weighted by Crippen LogP contribution is 2.37. The summed E-state index contributed by atoms with van der Waals surface area (Å²) in [6.45, 7) is -0.382. The van der Waals surface area contributed by atoms with Crippen LogP contribution in [0.25, 0.3) is 32.9 Å². The monoisotopic (exact) mass is 579 g/mol. The number of aliphatic hydroxyl groups excluding tert-OH is 1. The Hall–Kier alpha value is -4.39. The van der Waals surface area contributed by atoms with Crippen molar-refractivity contribution in [2.75, 3.05) is 11.9 Å². The Morgan fingerprint density at radius 2 is 1.95 bits per heavy atom. The summed E-state index contributed by atoms with van der Waals surface area (Å²) in [4.78, 5) is 26.5. The van der Waals surface area contributed by atoms with Gasteiger partial charge < -0.3 is 16.2 Å². The van der Waals surface area contributed by atoms with Gasteiger partial charge in [0.1, 0.15) is 12.4 Å². The first kappa shape index (κ1) is 26.8. The van der Waals surface area contributed by atoms with E-state index in [9.17, 15) is 19.1 Å². The quantitative estimate of drug-likeness (QED) is 0.231. The number of likely N-dealkylation sites (tertiary alicyclic amines) is 1. The lowest BCUT2D eigenvalue weighted by atomic mass is 10.0. The van der Waals surface area contributed by atoms with Crippen LogP contribution in [0.1, 0.15) is 16.9 Å². The molecule has 2 amide bonds. The van der Waals surface area contributed by atoms with Crippen LogP contribution in [0.2, 0.25) is 5.02 Å². The molecule has 5 aromatic rings. The van der Waals surface area contributed by atoms with Crippen LogP contribution in [-0.2, 0) is 11.3 Å². The van der Waals surface area contributed by atoms with Crippen molar-refractivity contribution in [3.8, 4) is 11.1 Å². The standard InChI is InChI=1S/C28H24ClF2N7O3/c29-24-15(8-9-19-18(24)11-33-35-19)16-5-3-6-20(25(16)31)34-28(41)22-10-14(30)12-37(22)23(39)13-38-21-7-2-1-4-17(21)26(36-38)27(32)40/h1-9,11,14,22-23,39H,10,12-13H2,(H2,32,40)(H,33,35)(H,34,41)/t14-,22+,23?/m1/s1. The Labute approximate surface area is 236 Å². The predicted octanol–water partition coefficient (Wildman–Crippen LogP) is 3.84. The molecule has 10 nitrogen and oxygen atoms in total. The number of aliphatic hydroxyl groups is 1. The number of hydrogen-bond acceptors (Lipinski definition) is 6. The van der Waals surface area contributed by atoms with Crippen LogP contribution >= 0.6 is 11.6 Å². The van der Waals surface area contributed by atoms with Gasteiger partial charge in [0.15, 0.2) is 11.5 Å². The van der Waals surface area contributed by atoms with Gasteiger partial charge in [-0.1, -0.05) is 48.0 Å². The zero-order valence-corrected chi connectivity index (χ0v) is 22.1. The summed E-state index contributed by atoms with van der Waals surface area (Å²) in [6, 6.07) is 13.6. The average molecular weight is 580 g/mol. The van der Waals surface area contributed by atoms with Gasteiger partial charge in [-0.15, -0.1) is 0 Å². The second-order valence-electron chi connectivity index (χ2n) is 9.85. The van der Waals surface area contributed by atoms with Crippen molar-refractivity contribution in [2.45, 2.75) is 31.4 Å². The number of nitrogens with zero attached hydrogens (tertiary/aromatic N) is 4. The van der Waals surface area contributed by atoms with Gasteiger partial charge in [-0.3, -0.25) is 24.3 Å². The molecule has 210 valence electrons. The minimum atomic E-state index is -1.40. The Morgan fingerprint density at radius 1 is 1.15 bits per heavy atom. The largest absolute Gasteiger partial charge is 0.376 e. The van der Waals surface area contributed by atoms with E-state index in [0.717, 1.165) is 0 Å². The lowest BCUT2D eigenvalue weighted by Crippen LogP contribution is -2.47. The molecule has 3 atom stereocenters. The van der Waals surface area contributed by atoms with E-state index in [0.29, 0.717) is 32.4 Å². The Balaban J connectivity index is 1.24. The number of carbonyl (C=O) groups is 2. The number of carbonyl (C=O) groups excluding carboxylic acids is 2. The van der Waals surface area contributed by atoms with Gasteiger partial charge in [0.25, 0.3) is 5.91 Å². The summed E-state index contributed by atoms with van der Waals surface area (Å²) in [5.74, 6) is -2.12. The number of fused-ring (bicyclic) bond motifs is 2. The molecule has 0 spiro atoms. The van der Waals surface area contributed by atoms with Gasteiger partial charge in [-0.2, -0.15) is 10.2 Å². The lowest BCUT2D eigenvalue weighted by Gasteiger charge is -2.28.